The molecule has 1 saturated carbocycles. The van der Waals surface area contributed by atoms with Gasteiger partial charge in [0.2, 0.25) is 5.91 Å². The standard InChI is InChI=1S/C17H32N2O2/c1-3-5-16(18)17(20)19(12-15-6-4-11-21-15)14-9-7-13(2)8-10-14/h13-16H,3-12,18H2,1-2H3. The van der Waals surface area contributed by atoms with Gasteiger partial charge in [0.25, 0.3) is 0 Å². The van der Waals surface area contributed by atoms with Crippen molar-refractivity contribution >= 4 is 5.91 Å². The van der Waals surface area contributed by atoms with Gasteiger partial charge >= 0.3 is 0 Å². The molecule has 0 aromatic carbocycles. The highest BCUT2D eigenvalue weighted by molar-refractivity contribution is 5.82. The Hall–Kier alpha value is -0.610. The summed E-state index contributed by atoms with van der Waals surface area (Å²) in [6.45, 7) is 5.98. The molecule has 0 spiro atoms. The molecule has 0 radical (unpaired) electrons. The number of ether oxygens (including phenoxy) is 1. The maximum atomic E-state index is 12.7. The first-order valence-corrected chi connectivity index (χ1v) is 8.79. The Morgan fingerprint density at radius 1 is 1.29 bits per heavy atom. The van der Waals surface area contributed by atoms with Crippen LogP contribution in [-0.4, -0.2) is 42.1 Å². The first kappa shape index (κ1) is 16.8. The fourth-order valence-electron chi connectivity index (χ4n) is 3.63. The van der Waals surface area contributed by atoms with Gasteiger partial charge in [-0.2, -0.15) is 0 Å². The molecule has 1 aliphatic heterocycles. The third kappa shape index (κ3) is 4.68. The van der Waals surface area contributed by atoms with Crippen LogP contribution in [0.4, 0.5) is 0 Å². The average molecular weight is 296 g/mol. The Bertz CT molecular complexity index is 321. The molecule has 1 aliphatic carbocycles. The van der Waals surface area contributed by atoms with Gasteiger partial charge in [-0.3, -0.25) is 4.79 Å². The Morgan fingerprint density at radius 3 is 2.57 bits per heavy atom. The van der Waals surface area contributed by atoms with Crippen molar-refractivity contribution in [2.45, 2.75) is 83.4 Å². The zero-order valence-corrected chi connectivity index (χ0v) is 13.7. The number of hydrogen-bond donors (Lipinski definition) is 1. The maximum Gasteiger partial charge on any atom is 0.239 e. The van der Waals surface area contributed by atoms with Gasteiger partial charge in [-0.15, -0.1) is 0 Å². The van der Waals surface area contributed by atoms with Crippen molar-refractivity contribution in [2.24, 2.45) is 11.7 Å². The zero-order chi connectivity index (χ0) is 15.2. The molecule has 4 nitrogen and oxygen atoms in total. The van der Waals surface area contributed by atoms with E-state index in [0.29, 0.717) is 6.04 Å². The summed E-state index contributed by atoms with van der Waals surface area (Å²) in [7, 11) is 0. The largest absolute Gasteiger partial charge is 0.376 e. The van der Waals surface area contributed by atoms with Crippen LogP contribution in [-0.2, 0) is 9.53 Å². The maximum absolute atomic E-state index is 12.7. The number of carbonyl (C=O) groups is 1. The molecule has 21 heavy (non-hydrogen) atoms. The summed E-state index contributed by atoms with van der Waals surface area (Å²) in [5, 5.41) is 0. The third-order valence-corrected chi connectivity index (χ3v) is 5.05. The van der Waals surface area contributed by atoms with Gasteiger partial charge in [0.05, 0.1) is 12.1 Å². The fraction of sp³-hybridized carbons (Fsp3) is 0.941. The van der Waals surface area contributed by atoms with Crippen molar-refractivity contribution in [2.75, 3.05) is 13.2 Å². The summed E-state index contributed by atoms with van der Waals surface area (Å²) in [6, 6.07) is 0.0385. The first-order valence-electron chi connectivity index (χ1n) is 8.79. The number of carbonyl (C=O) groups excluding carboxylic acids is 1. The second-order valence-electron chi connectivity index (χ2n) is 6.93. The smallest absolute Gasteiger partial charge is 0.239 e. The fourth-order valence-corrected chi connectivity index (χ4v) is 3.63. The predicted molar refractivity (Wildman–Crippen MR) is 85.0 cm³/mol. The van der Waals surface area contributed by atoms with Crippen LogP contribution in [0.5, 0.6) is 0 Å². The Balaban J connectivity index is 1.99. The highest BCUT2D eigenvalue weighted by Crippen LogP contribution is 2.28. The van der Waals surface area contributed by atoms with Gasteiger partial charge in [0.15, 0.2) is 0 Å². The van der Waals surface area contributed by atoms with E-state index in [9.17, 15) is 4.79 Å². The molecular weight excluding hydrogens is 264 g/mol. The van der Waals surface area contributed by atoms with E-state index in [1.165, 1.54) is 12.8 Å². The van der Waals surface area contributed by atoms with E-state index in [4.69, 9.17) is 10.5 Å². The lowest BCUT2D eigenvalue weighted by Crippen LogP contribution is -2.52. The van der Waals surface area contributed by atoms with Gasteiger partial charge in [-0.05, 0) is 50.9 Å². The summed E-state index contributed by atoms with van der Waals surface area (Å²) < 4.78 is 5.75. The van der Waals surface area contributed by atoms with Crippen molar-refractivity contribution in [1.29, 1.82) is 0 Å². The molecular formula is C17H32N2O2. The number of nitrogens with zero attached hydrogens (tertiary/aromatic N) is 1. The molecule has 122 valence electrons. The lowest BCUT2D eigenvalue weighted by molar-refractivity contribution is -0.138. The summed E-state index contributed by atoms with van der Waals surface area (Å²) in [4.78, 5) is 14.8. The molecule has 4 heteroatoms. The number of nitrogens with two attached hydrogens (primary N) is 1. The van der Waals surface area contributed by atoms with E-state index in [1.807, 2.05) is 0 Å². The number of rotatable bonds is 6. The second kappa shape index (κ2) is 8.14. The molecule has 2 unspecified atom stereocenters. The van der Waals surface area contributed by atoms with Gasteiger partial charge in [-0.1, -0.05) is 20.3 Å². The molecule has 2 aliphatic rings. The lowest BCUT2D eigenvalue weighted by Gasteiger charge is -2.38. The predicted octanol–water partition coefficient (Wildman–Crippen LogP) is 2.70. The summed E-state index contributed by atoms with van der Waals surface area (Å²) in [6.07, 6.45) is 8.86. The first-order chi connectivity index (χ1) is 10.1. The molecule has 0 bridgehead atoms. The van der Waals surface area contributed by atoms with Gasteiger partial charge in [0.1, 0.15) is 0 Å². The normalized spacial score (nSPS) is 31.1. The van der Waals surface area contributed by atoms with Gasteiger partial charge < -0.3 is 15.4 Å². The lowest BCUT2D eigenvalue weighted by atomic mass is 9.86. The Labute approximate surface area is 129 Å². The molecule has 0 aromatic rings. The summed E-state index contributed by atoms with van der Waals surface area (Å²) in [5.41, 5.74) is 6.10. The van der Waals surface area contributed by atoms with Gasteiger partial charge in [0, 0.05) is 19.2 Å². The van der Waals surface area contributed by atoms with Crippen LogP contribution in [0, 0.1) is 5.92 Å². The van der Waals surface area contributed by atoms with Crippen LogP contribution in [0.3, 0.4) is 0 Å². The van der Waals surface area contributed by atoms with Crippen molar-refractivity contribution < 1.29 is 9.53 Å². The Morgan fingerprint density at radius 2 is 2.00 bits per heavy atom. The average Bonchev–Trinajstić information content (AvgIpc) is 2.98. The number of amides is 1. The highest BCUT2D eigenvalue weighted by atomic mass is 16.5. The molecule has 2 rings (SSSR count). The molecule has 1 saturated heterocycles. The third-order valence-electron chi connectivity index (χ3n) is 5.05. The summed E-state index contributed by atoms with van der Waals surface area (Å²) in [5.74, 6) is 0.942. The molecule has 1 amide bonds. The van der Waals surface area contributed by atoms with Crippen LogP contribution in [0.15, 0.2) is 0 Å². The van der Waals surface area contributed by atoms with Crippen LogP contribution < -0.4 is 5.73 Å². The van der Waals surface area contributed by atoms with Crippen LogP contribution in [0.2, 0.25) is 0 Å². The van der Waals surface area contributed by atoms with E-state index < -0.39 is 0 Å². The summed E-state index contributed by atoms with van der Waals surface area (Å²) >= 11 is 0. The minimum atomic E-state index is -0.337. The van der Waals surface area contributed by atoms with E-state index in [-0.39, 0.29) is 18.1 Å². The minimum Gasteiger partial charge on any atom is -0.376 e. The van der Waals surface area contributed by atoms with E-state index >= 15 is 0 Å². The topological polar surface area (TPSA) is 55.6 Å². The molecule has 2 N–H and O–H groups in total. The van der Waals surface area contributed by atoms with E-state index in [0.717, 1.165) is 57.6 Å². The van der Waals surface area contributed by atoms with E-state index in [1.54, 1.807) is 0 Å². The quantitative estimate of drug-likeness (QED) is 0.820. The van der Waals surface area contributed by atoms with E-state index in [2.05, 4.69) is 18.7 Å². The highest BCUT2D eigenvalue weighted by Gasteiger charge is 2.32. The van der Waals surface area contributed by atoms with Crippen LogP contribution in [0.1, 0.15) is 65.2 Å². The molecule has 0 aromatic heterocycles. The van der Waals surface area contributed by atoms with Crippen molar-refractivity contribution in [1.82, 2.24) is 4.90 Å². The van der Waals surface area contributed by atoms with Crippen LogP contribution >= 0.6 is 0 Å². The van der Waals surface area contributed by atoms with Crippen molar-refractivity contribution in [3.05, 3.63) is 0 Å². The monoisotopic (exact) mass is 296 g/mol. The molecule has 2 fully saturated rings. The molecule has 1 heterocycles. The van der Waals surface area contributed by atoms with Crippen molar-refractivity contribution in [3.8, 4) is 0 Å². The van der Waals surface area contributed by atoms with Crippen LogP contribution in [0.25, 0.3) is 0 Å². The SMILES string of the molecule is CCCC(N)C(=O)N(CC1CCCO1)C1CCC(C)CC1. The van der Waals surface area contributed by atoms with Crippen molar-refractivity contribution in [3.63, 3.8) is 0 Å². The van der Waals surface area contributed by atoms with Gasteiger partial charge in [-0.25, -0.2) is 0 Å². The minimum absolute atomic E-state index is 0.145. The molecule has 2 atom stereocenters. The zero-order valence-electron chi connectivity index (χ0n) is 13.7. The second-order valence-corrected chi connectivity index (χ2v) is 6.93. The number of hydrogen-bond acceptors (Lipinski definition) is 3. The Kier molecular flexibility index (Phi) is 6.49.